The Kier molecular flexibility index (Phi) is 5.44. The van der Waals surface area contributed by atoms with Crippen molar-refractivity contribution in [2.75, 3.05) is 26.3 Å². The Balaban J connectivity index is 1.47. The molecule has 4 heterocycles. The molecule has 4 aromatic rings. The lowest BCUT2D eigenvalue weighted by Crippen LogP contribution is -2.40. The molecule has 1 aliphatic rings. The van der Waals surface area contributed by atoms with Gasteiger partial charge in [0.15, 0.2) is 5.58 Å². The maximum atomic E-state index is 12.7. The summed E-state index contributed by atoms with van der Waals surface area (Å²) in [6.45, 7) is 5.80. The first-order chi connectivity index (χ1) is 15.9. The number of fused-ring (bicyclic) bond motifs is 1. The van der Waals surface area contributed by atoms with Gasteiger partial charge in [0.2, 0.25) is 0 Å². The highest BCUT2D eigenvalue weighted by molar-refractivity contribution is 5.95. The molecule has 1 aromatic carbocycles. The average molecular weight is 444 g/mol. The van der Waals surface area contributed by atoms with E-state index in [9.17, 15) is 9.90 Å². The molecule has 0 spiro atoms. The molecule has 1 amide bonds. The molecular weight excluding hydrogens is 418 g/mol. The van der Waals surface area contributed by atoms with Gasteiger partial charge in [0, 0.05) is 48.2 Å². The van der Waals surface area contributed by atoms with E-state index in [1.54, 1.807) is 26.2 Å². The Morgan fingerprint density at radius 1 is 0.970 bits per heavy atom. The molecule has 0 bridgehead atoms. The van der Waals surface area contributed by atoms with Crippen molar-refractivity contribution in [2.45, 2.75) is 19.4 Å². The number of carbonyl (C=O) groups excluding carboxylic acids is 1. The van der Waals surface area contributed by atoms with Crippen molar-refractivity contribution in [1.82, 2.24) is 14.9 Å². The lowest BCUT2D eigenvalue weighted by Gasteiger charge is -2.26. The number of furan rings is 1. The van der Waals surface area contributed by atoms with Crippen LogP contribution in [0.1, 0.15) is 29.9 Å². The summed E-state index contributed by atoms with van der Waals surface area (Å²) in [5.41, 5.74) is 4.21. The van der Waals surface area contributed by atoms with Crippen molar-refractivity contribution in [1.29, 1.82) is 0 Å². The van der Waals surface area contributed by atoms with Crippen LogP contribution in [-0.2, 0) is 10.3 Å². The van der Waals surface area contributed by atoms with E-state index in [1.165, 1.54) is 0 Å². The summed E-state index contributed by atoms with van der Waals surface area (Å²) in [6.07, 6.45) is 3.42. The van der Waals surface area contributed by atoms with Crippen LogP contribution < -0.4 is 0 Å². The third kappa shape index (κ3) is 4.25. The van der Waals surface area contributed by atoms with Crippen LogP contribution in [-0.4, -0.2) is 52.2 Å². The topological polar surface area (TPSA) is 88.7 Å². The molecule has 5 rings (SSSR count). The van der Waals surface area contributed by atoms with Crippen LogP contribution >= 0.6 is 0 Å². The number of nitrogens with zero attached hydrogens (tertiary/aromatic N) is 3. The van der Waals surface area contributed by atoms with Crippen molar-refractivity contribution in [2.24, 2.45) is 0 Å². The minimum atomic E-state index is -1.04. The molecule has 168 valence electrons. The van der Waals surface area contributed by atoms with E-state index in [1.807, 2.05) is 53.4 Å². The predicted molar refractivity (Wildman–Crippen MR) is 125 cm³/mol. The van der Waals surface area contributed by atoms with E-state index in [0.717, 1.165) is 22.2 Å². The zero-order chi connectivity index (χ0) is 23.0. The third-order valence-electron chi connectivity index (χ3n) is 5.82. The van der Waals surface area contributed by atoms with Crippen molar-refractivity contribution in [3.05, 3.63) is 72.2 Å². The van der Waals surface area contributed by atoms with E-state index in [4.69, 9.17) is 9.15 Å². The Morgan fingerprint density at radius 3 is 2.42 bits per heavy atom. The van der Waals surface area contributed by atoms with Gasteiger partial charge in [-0.1, -0.05) is 12.1 Å². The van der Waals surface area contributed by atoms with Gasteiger partial charge in [0.25, 0.3) is 5.91 Å². The number of hydrogen-bond donors (Lipinski definition) is 1. The monoisotopic (exact) mass is 443 g/mol. The largest absolute Gasteiger partial charge is 0.454 e. The maximum absolute atomic E-state index is 12.7. The number of rotatable bonds is 4. The fourth-order valence-corrected chi connectivity index (χ4v) is 3.97. The van der Waals surface area contributed by atoms with Crippen LogP contribution in [0, 0.1) is 0 Å². The number of benzene rings is 1. The number of ether oxygens (including phenoxy) is 1. The molecule has 3 aromatic heterocycles. The quantitative estimate of drug-likeness (QED) is 0.507. The minimum Gasteiger partial charge on any atom is -0.454 e. The highest BCUT2D eigenvalue weighted by Crippen LogP contribution is 2.34. The Hall–Kier alpha value is -3.55. The zero-order valence-electron chi connectivity index (χ0n) is 18.6. The lowest BCUT2D eigenvalue weighted by atomic mass is 10.00. The standard InChI is InChI=1S/C26H25N3O4/c1-26(2,31)23-15-19(7-9-28-23)20-8-10-27-21-16-22(33-24(20)21)17-3-5-18(6-4-17)25(30)29-11-13-32-14-12-29/h3-10,15-16,31H,11-14H2,1-2H3. The van der Waals surface area contributed by atoms with Crippen molar-refractivity contribution < 1.29 is 19.1 Å². The summed E-state index contributed by atoms with van der Waals surface area (Å²) in [7, 11) is 0. The maximum Gasteiger partial charge on any atom is 0.254 e. The summed E-state index contributed by atoms with van der Waals surface area (Å²) in [5.74, 6) is 0.686. The molecule has 33 heavy (non-hydrogen) atoms. The van der Waals surface area contributed by atoms with E-state index in [0.29, 0.717) is 48.9 Å². The van der Waals surface area contributed by atoms with E-state index in [2.05, 4.69) is 9.97 Å². The van der Waals surface area contributed by atoms with Crippen LogP contribution in [0.5, 0.6) is 0 Å². The third-order valence-corrected chi connectivity index (χ3v) is 5.82. The zero-order valence-corrected chi connectivity index (χ0v) is 18.6. The predicted octanol–water partition coefficient (Wildman–Crippen LogP) is 4.26. The molecule has 7 nitrogen and oxygen atoms in total. The summed E-state index contributed by atoms with van der Waals surface area (Å²) in [5, 5.41) is 10.3. The van der Waals surface area contributed by atoms with Gasteiger partial charge in [0.1, 0.15) is 16.9 Å². The average Bonchev–Trinajstić information content (AvgIpc) is 3.28. The summed E-state index contributed by atoms with van der Waals surface area (Å²) in [4.78, 5) is 23.3. The van der Waals surface area contributed by atoms with E-state index >= 15 is 0 Å². The Labute approximate surface area is 191 Å². The SMILES string of the molecule is CC(C)(O)c1cc(-c2ccnc3cc(-c4ccc(C(=O)N5CCOCC5)cc4)oc23)ccn1. The van der Waals surface area contributed by atoms with Crippen molar-refractivity contribution >= 4 is 17.0 Å². The smallest absolute Gasteiger partial charge is 0.254 e. The van der Waals surface area contributed by atoms with Gasteiger partial charge < -0.3 is 19.2 Å². The van der Waals surface area contributed by atoms with Gasteiger partial charge in [-0.05, 0) is 49.7 Å². The van der Waals surface area contributed by atoms with E-state index < -0.39 is 5.60 Å². The van der Waals surface area contributed by atoms with E-state index in [-0.39, 0.29) is 5.91 Å². The first kappa shape index (κ1) is 21.3. The molecule has 1 saturated heterocycles. The van der Waals surface area contributed by atoms with Crippen LogP contribution in [0.4, 0.5) is 0 Å². The number of aliphatic hydroxyl groups is 1. The van der Waals surface area contributed by atoms with Crippen LogP contribution in [0.2, 0.25) is 0 Å². The number of morpholine rings is 1. The summed E-state index contributed by atoms with van der Waals surface area (Å²) < 4.78 is 11.6. The Morgan fingerprint density at radius 2 is 1.70 bits per heavy atom. The molecule has 0 saturated carbocycles. The minimum absolute atomic E-state index is 0.0127. The second-order valence-corrected chi connectivity index (χ2v) is 8.65. The number of carbonyl (C=O) groups is 1. The van der Waals surface area contributed by atoms with Gasteiger partial charge in [-0.15, -0.1) is 0 Å². The fourth-order valence-electron chi connectivity index (χ4n) is 3.97. The normalized spacial score (nSPS) is 14.6. The van der Waals surface area contributed by atoms with Gasteiger partial charge in [-0.2, -0.15) is 0 Å². The summed E-state index contributed by atoms with van der Waals surface area (Å²) in [6, 6.07) is 15.0. The summed E-state index contributed by atoms with van der Waals surface area (Å²) >= 11 is 0. The first-order valence-corrected chi connectivity index (χ1v) is 11.0. The molecule has 0 aliphatic carbocycles. The van der Waals surface area contributed by atoms with Gasteiger partial charge in [-0.3, -0.25) is 14.8 Å². The number of hydrogen-bond acceptors (Lipinski definition) is 6. The Bertz CT molecular complexity index is 1300. The van der Waals surface area contributed by atoms with Crippen LogP contribution in [0.25, 0.3) is 33.6 Å². The van der Waals surface area contributed by atoms with Crippen LogP contribution in [0.3, 0.4) is 0 Å². The number of aromatic nitrogens is 2. The molecular formula is C26H25N3O4. The van der Waals surface area contributed by atoms with Crippen molar-refractivity contribution in [3.63, 3.8) is 0 Å². The molecule has 0 radical (unpaired) electrons. The molecule has 0 atom stereocenters. The molecule has 7 heteroatoms. The van der Waals surface area contributed by atoms with Crippen molar-refractivity contribution in [3.8, 4) is 22.5 Å². The van der Waals surface area contributed by atoms with Crippen LogP contribution in [0.15, 0.2) is 65.3 Å². The highest BCUT2D eigenvalue weighted by Gasteiger charge is 2.21. The molecule has 0 unspecified atom stereocenters. The number of amides is 1. The van der Waals surface area contributed by atoms with Gasteiger partial charge in [0.05, 0.1) is 18.9 Å². The van der Waals surface area contributed by atoms with Gasteiger partial charge >= 0.3 is 0 Å². The molecule has 1 fully saturated rings. The highest BCUT2D eigenvalue weighted by atomic mass is 16.5. The second kappa shape index (κ2) is 8.42. The lowest BCUT2D eigenvalue weighted by molar-refractivity contribution is 0.0303. The molecule has 1 aliphatic heterocycles. The fraction of sp³-hybridized carbons (Fsp3) is 0.269. The molecule has 1 N–H and O–H groups in total. The first-order valence-electron chi connectivity index (χ1n) is 11.0. The second-order valence-electron chi connectivity index (χ2n) is 8.65. The van der Waals surface area contributed by atoms with Gasteiger partial charge in [-0.25, -0.2) is 0 Å². The number of pyridine rings is 2.